The van der Waals surface area contributed by atoms with Crippen LogP contribution in [0.5, 0.6) is 0 Å². The summed E-state index contributed by atoms with van der Waals surface area (Å²) in [5.74, 6) is -0.207. The highest BCUT2D eigenvalue weighted by atomic mass is 79.9. The molecule has 0 aliphatic carbocycles. The summed E-state index contributed by atoms with van der Waals surface area (Å²) in [6.07, 6.45) is 0.335. The van der Waals surface area contributed by atoms with E-state index in [1.165, 1.54) is 7.11 Å². The third kappa shape index (κ3) is 2.56. The Morgan fingerprint density at radius 3 is 2.85 bits per heavy atom. The minimum Gasteiger partial charge on any atom is -0.469 e. The fraction of sp³-hybridized carbons (Fsp3) is 0.300. The van der Waals surface area contributed by atoms with Gasteiger partial charge in [-0.1, -0.05) is 28.1 Å². The second kappa shape index (κ2) is 4.42. The number of ether oxygens (including phenoxy) is 1. The van der Waals surface area contributed by atoms with Crippen molar-refractivity contribution >= 4 is 21.9 Å². The molecule has 0 radical (unpaired) electrons. The van der Waals surface area contributed by atoms with Crippen LogP contribution in [0.3, 0.4) is 0 Å². The Bertz CT molecular complexity index is 321. The second-order valence-corrected chi connectivity index (χ2v) is 3.63. The van der Waals surface area contributed by atoms with E-state index in [1.54, 1.807) is 0 Å². The number of hydrogen-bond donors (Lipinski definition) is 0. The molecule has 0 unspecified atom stereocenters. The molecule has 0 aliphatic heterocycles. The molecule has 0 fully saturated rings. The Morgan fingerprint density at radius 1 is 1.54 bits per heavy atom. The summed E-state index contributed by atoms with van der Waals surface area (Å²) in [7, 11) is 1.40. The van der Waals surface area contributed by atoms with Crippen molar-refractivity contribution in [2.45, 2.75) is 13.3 Å². The fourth-order valence-electron chi connectivity index (χ4n) is 1.07. The van der Waals surface area contributed by atoms with Gasteiger partial charge in [0, 0.05) is 4.47 Å². The number of carbonyl (C=O) groups excluding carboxylic acids is 1. The third-order valence-corrected chi connectivity index (χ3v) is 2.80. The average Bonchev–Trinajstić information content (AvgIpc) is 2.13. The SMILES string of the molecule is COC(=O)Cc1cccc(Br)c1C. The Balaban J connectivity index is 2.89. The van der Waals surface area contributed by atoms with E-state index in [9.17, 15) is 4.79 Å². The molecule has 3 heteroatoms. The van der Waals surface area contributed by atoms with Gasteiger partial charge >= 0.3 is 5.97 Å². The maximum absolute atomic E-state index is 11.0. The van der Waals surface area contributed by atoms with Gasteiger partial charge in [0.2, 0.25) is 0 Å². The lowest BCUT2D eigenvalue weighted by molar-refractivity contribution is -0.139. The molecular weight excluding hydrogens is 232 g/mol. The van der Waals surface area contributed by atoms with Gasteiger partial charge in [-0.15, -0.1) is 0 Å². The van der Waals surface area contributed by atoms with Crippen LogP contribution in [0, 0.1) is 6.92 Å². The molecule has 0 heterocycles. The zero-order valence-electron chi connectivity index (χ0n) is 7.63. The van der Waals surface area contributed by atoms with Crippen LogP contribution < -0.4 is 0 Å². The van der Waals surface area contributed by atoms with Crippen molar-refractivity contribution in [1.29, 1.82) is 0 Å². The molecular formula is C10H11BrO2. The van der Waals surface area contributed by atoms with Crippen molar-refractivity contribution in [3.63, 3.8) is 0 Å². The molecule has 0 saturated heterocycles. The predicted octanol–water partition coefficient (Wildman–Crippen LogP) is 2.47. The summed E-state index contributed by atoms with van der Waals surface area (Å²) < 4.78 is 5.62. The van der Waals surface area contributed by atoms with Crippen LogP contribution in [0.1, 0.15) is 11.1 Å². The van der Waals surface area contributed by atoms with Crippen LogP contribution >= 0.6 is 15.9 Å². The molecule has 0 saturated carbocycles. The number of hydrogen-bond acceptors (Lipinski definition) is 2. The topological polar surface area (TPSA) is 26.3 Å². The van der Waals surface area contributed by atoms with Gasteiger partial charge < -0.3 is 4.74 Å². The zero-order chi connectivity index (χ0) is 9.84. The molecule has 0 amide bonds. The van der Waals surface area contributed by atoms with Gasteiger partial charge in [-0.3, -0.25) is 4.79 Å². The quantitative estimate of drug-likeness (QED) is 0.746. The largest absolute Gasteiger partial charge is 0.469 e. The summed E-state index contributed by atoms with van der Waals surface area (Å²) in [6.45, 7) is 1.97. The number of halogens is 1. The molecule has 70 valence electrons. The van der Waals surface area contributed by atoms with Crippen molar-refractivity contribution in [3.05, 3.63) is 33.8 Å². The smallest absolute Gasteiger partial charge is 0.309 e. The van der Waals surface area contributed by atoms with Crippen LogP contribution in [0.2, 0.25) is 0 Å². The number of esters is 1. The first-order valence-electron chi connectivity index (χ1n) is 3.96. The van der Waals surface area contributed by atoms with E-state index in [1.807, 2.05) is 25.1 Å². The van der Waals surface area contributed by atoms with Crippen molar-refractivity contribution in [2.24, 2.45) is 0 Å². The molecule has 1 rings (SSSR count). The lowest BCUT2D eigenvalue weighted by Crippen LogP contribution is -2.05. The first-order chi connectivity index (χ1) is 6.15. The molecule has 0 spiro atoms. The first kappa shape index (κ1) is 10.3. The highest BCUT2D eigenvalue weighted by Gasteiger charge is 2.06. The fourth-order valence-corrected chi connectivity index (χ4v) is 1.48. The minimum absolute atomic E-state index is 0.207. The van der Waals surface area contributed by atoms with Crippen LogP contribution in [-0.2, 0) is 16.0 Å². The zero-order valence-corrected chi connectivity index (χ0v) is 9.22. The monoisotopic (exact) mass is 242 g/mol. The van der Waals surface area contributed by atoms with Gasteiger partial charge in [0.05, 0.1) is 13.5 Å². The van der Waals surface area contributed by atoms with Crippen LogP contribution in [-0.4, -0.2) is 13.1 Å². The van der Waals surface area contributed by atoms with Crippen molar-refractivity contribution in [2.75, 3.05) is 7.11 Å². The highest BCUT2D eigenvalue weighted by molar-refractivity contribution is 9.10. The molecule has 0 bridgehead atoms. The molecule has 0 atom stereocenters. The van der Waals surface area contributed by atoms with Gasteiger partial charge in [0.25, 0.3) is 0 Å². The molecule has 2 nitrogen and oxygen atoms in total. The summed E-state index contributed by atoms with van der Waals surface area (Å²) in [4.78, 5) is 11.0. The van der Waals surface area contributed by atoms with Gasteiger partial charge in [0.15, 0.2) is 0 Å². The summed E-state index contributed by atoms with van der Waals surface area (Å²) in [6, 6.07) is 5.79. The van der Waals surface area contributed by atoms with Crippen molar-refractivity contribution in [1.82, 2.24) is 0 Å². The molecule has 0 aromatic heterocycles. The van der Waals surface area contributed by atoms with E-state index in [0.29, 0.717) is 6.42 Å². The lowest BCUT2D eigenvalue weighted by Gasteiger charge is -2.05. The van der Waals surface area contributed by atoms with Crippen LogP contribution in [0.25, 0.3) is 0 Å². The molecule has 1 aromatic rings. The van der Waals surface area contributed by atoms with Crippen LogP contribution in [0.4, 0.5) is 0 Å². The van der Waals surface area contributed by atoms with E-state index in [2.05, 4.69) is 20.7 Å². The van der Waals surface area contributed by atoms with E-state index in [-0.39, 0.29) is 5.97 Å². The molecule has 0 N–H and O–H groups in total. The molecule has 0 aliphatic rings. The van der Waals surface area contributed by atoms with Crippen molar-refractivity contribution in [3.8, 4) is 0 Å². The summed E-state index contributed by atoms with van der Waals surface area (Å²) in [5.41, 5.74) is 2.09. The Labute approximate surface area is 86.0 Å². The van der Waals surface area contributed by atoms with Crippen LogP contribution in [0.15, 0.2) is 22.7 Å². The maximum atomic E-state index is 11.0. The van der Waals surface area contributed by atoms with Gasteiger partial charge in [-0.25, -0.2) is 0 Å². The Morgan fingerprint density at radius 2 is 2.23 bits per heavy atom. The second-order valence-electron chi connectivity index (χ2n) is 2.78. The summed E-state index contributed by atoms with van der Waals surface area (Å²) in [5, 5.41) is 0. The average molecular weight is 243 g/mol. The standard InChI is InChI=1S/C10H11BrO2/c1-7-8(6-10(12)13-2)4-3-5-9(7)11/h3-5H,6H2,1-2H3. The number of methoxy groups -OCH3 is 1. The number of rotatable bonds is 2. The van der Waals surface area contributed by atoms with Gasteiger partial charge in [-0.05, 0) is 24.1 Å². The van der Waals surface area contributed by atoms with Gasteiger partial charge in [-0.2, -0.15) is 0 Å². The third-order valence-electron chi connectivity index (χ3n) is 1.94. The highest BCUT2D eigenvalue weighted by Crippen LogP contribution is 2.19. The predicted molar refractivity (Wildman–Crippen MR) is 54.6 cm³/mol. The normalized spacial score (nSPS) is 9.77. The van der Waals surface area contributed by atoms with Gasteiger partial charge in [0.1, 0.15) is 0 Å². The number of benzene rings is 1. The Hall–Kier alpha value is -0.830. The summed E-state index contributed by atoms with van der Waals surface area (Å²) >= 11 is 3.41. The minimum atomic E-state index is -0.207. The number of carbonyl (C=O) groups is 1. The first-order valence-corrected chi connectivity index (χ1v) is 4.75. The van der Waals surface area contributed by atoms with E-state index < -0.39 is 0 Å². The maximum Gasteiger partial charge on any atom is 0.309 e. The lowest BCUT2D eigenvalue weighted by atomic mass is 10.1. The van der Waals surface area contributed by atoms with Crippen molar-refractivity contribution < 1.29 is 9.53 Å². The van der Waals surface area contributed by atoms with E-state index in [4.69, 9.17) is 0 Å². The van der Waals surface area contributed by atoms with E-state index >= 15 is 0 Å². The molecule has 1 aromatic carbocycles. The Kier molecular flexibility index (Phi) is 3.48. The molecule has 13 heavy (non-hydrogen) atoms. The van der Waals surface area contributed by atoms with E-state index in [0.717, 1.165) is 15.6 Å².